The van der Waals surface area contributed by atoms with Crippen molar-refractivity contribution >= 4 is 22.2 Å². The lowest BCUT2D eigenvalue weighted by atomic mass is 9.96. The highest BCUT2D eigenvalue weighted by Crippen LogP contribution is 2.38. The molecule has 1 atom stereocenters. The van der Waals surface area contributed by atoms with Gasteiger partial charge in [0, 0.05) is 18.3 Å². The summed E-state index contributed by atoms with van der Waals surface area (Å²) in [5.41, 5.74) is 0.188. The highest BCUT2D eigenvalue weighted by molar-refractivity contribution is 7.91. The van der Waals surface area contributed by atoms with Crippen molar-refractivity contribution in [1.82, 2.24) is 5.32 Å². The molecule has 0 aromatic heterocycles. The monoisotopic (exact) mass is 239 g/mol. The molecule has 5 heteroatoms. The van der Waals surface area contributed by atoms with Gasteiger partial charge in [-0.3, -0.25) is 0 Å². The zero-order chi connectivity index (χ0) is 9.53. The van der Waals surface area contributed by atoms with E-state index in [1.165, 1.54) is 31.9 Å². The maximum Gasteiger partial charge on any atom is 0.151 e. The Morgan fingerprint density at radius 1 is 1.29 bits per heavy atom. The molecule has 1 aliphatic carbocycles. The summed E-state index contributed by atoms with van der Waals surface area (Å²) in [6, 6.07) is 0. The molecule has 0 bridgehead atoms. The van der Waals surface area contributed by atoms with E-state index in [1.807, 2.05) is 0 Å². The van der Waals surface area contributed by atoms with Crippen LogP contribution in [0.4, 0.5) is 0 Å². The zero-order valence-corrected chi connectivity index (χ0v) is 10.1. The first-order chi connectivity index (χ1) is 6.02. The molecule has 1 unspecified atom stereocenters. The first-order valence-corrected chi connectivity index (χ1v) is 6.91. The maximum absolute atomic E-state index is 11.3. The van der Waals surface area contributed by atoms with Gasteiger partial charge in [0.25, 0.3) is 0 Å². The second-order valence-corrected chi connectivity index (χ2v) is 6.85. The van der Waals surface area contributed by atoms with Crippen molar-refractivity contribution in [1.29, 1.82) is 0 Å². The third-order valence-corrected chi connectivity index (χ3v) is 5.03. The van der Waals surface area contributed by atoms with Gasteiger partial charge in [-0.25, -0.2) is 8.42 Å². The highest BCUT2D eigenvalue weighted by atomic mass is 35.5. The topological polar surface area (TPSA) is 46.2 Å². The number of sulfone groups is 1. The van der Waals surface area contributed by atoms with Gasteiger partial charge in [-0.05, 0) is 19.3 Å². The summed E-state index contributed by atoms with van der Waals surface area (Å²) in [7, 11) is -2.83. The van der Waals surface area contributed by atoms with Crippen molar-refractivity contribution < 1.29 is 8.42 Å². The maximum atomic E-state index is 11.3. The number of halogens is 1. The van der Waals surface area contributed by atoms with Gasteiger partial charge in [-0.2, -0.15) is 0 Å². The summed E-state index contributed by atoms with van der Waals surface area (Å²) < 4.78 is 22.7. The molecular weight excluding hydrogens is 222 g/mol. The van der Waals surface area contributed by atoms with Crippen LogP contribution in [0.25, 0.3) is 0 Å². The fourth-order valence-corrected chi connectivity index (χ4v) is 3.65. The SMILES string of the molecule is CS(=O)(=O)C1CNC2(CCCC2)C1.Cl. The van der Waals surface area contributed by atoms with Crippen LogP contribution in [0.1, 0.15) is 32.1 Å². The Hall–Kier alpha value is 0.200. The van der Waals surface area contributed by atoms with Gasteiger partial charge >= 0.3 is 0 Å². The normalized spacial score (nSPS) is 30.5. The molecule has 2 fully saturated rings. The van der Waals surface area contributed by atoms with Gasteiger partial charge in [0.1, 0.15) is 0 Å². The van der Waals surface area contributed by atoms with Crippen molar-refractivity contribution in [2.45, 2.75) is 42.9 Å². The molecular formula is C9H18ClNO2S. The lowest BCUT2D eigenvalue weighted by Crippen LogP contribution is -2.35. The van der Waals surface area contributed by atoms with Crippen molar-refractivity contribution in [2.75, 3.05) is 12.8 Å². The third-order valence-electron chi connectivity index (χ3n) is 3.49. The van der Waals surface area contributed by atoms with E-state index in [9.17, 15) is 8.42 Å². The van der Waals surface area contributed by atoms with E-state index >= 15 is 0 Å². The van der Waals surface area contributed by atoms with Gasteiger partial charge in [0.2, 0.25) is 0 Å². The van der Waals surface area contributed by atoms with Crippen molar-refractivity contribution in [3.05, 3.63) is 0 Å². The van der Waals surface area contributed by atoms with Crippen LogP contribution in [-0.4, -0.2) is 32.0 Å². The number of rotatable bonds is 1. The summed E-state index contributed by atoms with van der Waals surface area (Å²) in [5, 5.41) is 3.28. The molecule has 0 radical (unpaired) electrons. The molecule has 2 aliphatic rings. The molecule has 14 heavy (non-hydrogen) atoms. The van der Waals surface area contributed by atoms with Crippen LogP contribution < -0.4 is 5.32 Å². The summed E-state index contributed by atoms with van der Waals surface area (Å²) in [6.45, 7) is 0.666. The Labute approximate surface area is 92.0 Å². The van der Waals surface area contributed by atoms with E-state index in [4.69, 9.17) is 0 Å². The lowest BCUT2D eigenvalue weighted by Gasteiger charge is -2.22. The van der Waals surface area contributed by atoms with E-state index in [1.54, 1.807) is 0 Å². The molecule has 0 amide bonds. The molecule has 1 spiro atoms. The third kappa shape index (κ3) is 2.23. The molecule has 1 saturated carbocycles. The fraction of sp³-hybridized carbons (Fsp3) is 1.00. The van der Waals surface area contributed by atoms with Crippen LogP contribution in [-0.2, 0) is 9.84 Å². The molecule has 3 nitrogen and oxygen atoms in total. The minimum atomic E-state index is -2.83. The molecule has 2 rings (SSSR count). The fourth-order valence-electron chi connectivity index (χ4n) is 2.65. The summed E-state index contributed by atoms with van der Waals surface area (Å²) in [6.07, 6.45) is 7.03. The minimum absolute atomic E-state index is 0. The van der Waals surface area contributed by atoms with Crippen LogP contribution in [0.2, 0.25) is 0 Å². The van der Waals surface area contributed by atoms with Crippen molar-refractivity contribution in [3.8, 4) is 0 Å². The van der Waals surface area contributed by atoms with Gasteiger partial charge in [-0.1, -0.05) is 12.8 Å². The molecule has 1 N–H and O–H groups in total. The second kappa shape index (κ2) is 3.99. The first kappa shape index (κ1) is 12.3. The van der Waals surface area contributed by atoms with E-state index in [2.05, 4.69) is 5.32 Å². The van der Waals surface area contributed by atoms with Gasteiger partial charge in [-0.15, -0.1) is 12.4 Å². The second-order valence-electron chi connectivity index (χ2n) is 4.52. The van der Waals surface area contributed by atoms with E-state index < -0.39 is 9.84 Å². The Balaban J connectivity index is 0.000000980. The van der Waals surface area contributed by atoms with E-state index in [-0.39, 0.29) is 23.2 Å². The van der Waals surface area contributed by atoms with E-state index in [0.717, 1.165) is 6.42 Å². The van der Waals surface area contributed by atoms with Crippen LogP contribution >= 0.6 is 12.4 Å². The largest absolute Gasteiger partial charge is 0.310 e. The van der Waals surface area contributed by atoms with Crippen LogP contribution in [0.3, 0.4) is 0 Å². The quantitative estimate of drug-likeness (QED) is 0.746. The Morgan fingerprint density at radius 3 is 2.29 bits per heavy atom. The van der Waals surface area contributed by atoms with E-state index in [0.29, 0.717) is 6.54 Å². The van der Waals surface area contributed by atoms with Crippen molar-refractivity contribution in [3.63, 3.8) is 0 Å². The van der Waals surface area contributed by atoms with Crippen LogP contribution in [0, 0.1) is 0 Å². The van der Waals surface area contributed by atoms with Crippen molar-refractivity contribution in [2.24, 2.45) is 0 Å². The van der Waals surface area contributed by atoms with Crippen LogP contribution in [0.15, 0.2) is 0 Å². The predicted molar refractivity (Wildman–Crippen MR) is 59.7 cm³/mol. The average Bonchev–Trinajstić information content (AvgIpc) is 2.60. The predicted octanol–water partition coefficient (Wildman–Crippen LogP) is 1.13. The standard InChI is InChI=1S/C9H17NO2S.ClH/c1-13(11,12)8-6-9(10-7-8)4-2-3-5-9;/h8,10H,2-7H2,1H3;1H. The molecule has 1 heterocycles. The lowest BCUT2D eigenvalue weighted by molar-refractivity contribution is 0.388. The Bertz CT molecular complexity index is 296. The average molecular weight is 240 g/mol. The molecule has 1 saturated heterocycles. The highest BCUT2D eigenvalue weighted by Gasteiger charge is 2.43. The van der Waals surface area contributed by atoms with Gasteiger partial charge in [0.05, 0.1) is 5.25 Å². The van der Waals surface area contributed by atoms with Gasteiger partial charge in [0.15, 0.2) is 9.84 Å². The molecule has 0 aromatic rings. The summed E-state index contributed by atoms with van der Waals surface area (Å²) >= 11 is 0. The molecule has 84 valence electrons. The number of hydrogen-bond donors (Lipinski definition) is 1. The summed E-state index contributed by atoms with van der Waals surface area (Å²) in [4.78, 5) is 0. The first-order valence-electron chi connectivity index (χ1n) is 4.96. The minimum Gasteiger partial charge on any atom is -0.310 e. The molecule has 0 aromatic carbocycles. The molecule has 1 aliphatic heterocycles. The van der Waals surface area contributed by atoms with Gasteiger partial charge < -0.3 is 5.32 Å². The van der Waals surface area contributed by atoms with Crippen LogP contribution in [0.5, 0.6) is 0 Å². The number of nitrogens with one attached hydrogen (secondary N) is 1. The summed E-state index contributed by atoms with van der Waals surface area (Å²) in [5.74, 6) is 0. The Morgan fingerprint density at radius 2 is 1.86 bits per heavy atom. The Kier molecular flexibility index (Phi) is 3.49. The smallest absolute Gasteiger partial charge is 0.151 e. The zero-order valence-electron chi connectivity index (χ0n) is 8.45. The number of hydrogen-bond acceptors (Lipinski definition) is 3.